The molecule has 4 nitrogen and oxygen atoms in total. The molecule has 0 saturated carbocycles. The van der Waals surface area contributed by atoms with E-state index in [-0.39, 0.29) is 17.2 Å². The molecule has 0 amide bonds. The minimum absolute atomic E-state index is 0.0512. The monoisotopic (exact) mass is 438 g/mol. The van der Waals surface area contributed by atoms with E-state index in [2.05, 4.69) is 68.7 Å². The topological polar surface area (TPSA) is 58.2 Å². The van der Waals surface area contributed by atoms with Crippen LogP contribution in [0.5, 0.6) is 0 Å². The highest BCUT2D eigenvalue weighted by atomic mass is 35.5. The smallest absolute Gasteiger partial charge is 0.163 e. The molecule has 164 valence electrons. The number of aryl methyl sites for hydroxylation is 2. The van der Waals surface area contributed by atoms with Gasteiger partial charge in [-0.15, -0.1) is 11.6 Å². The molecule has 2 aromatic rings. The van der Waals surface area contributed by atoms with Crippen LogP contribution in [0.4, 0.5) is 11.4 Å². The lowest BCUT2D eigenvalue weighted by Crippen LogP contribution is -2.31. The van der Waals surface area contributed by atoms with Crippen molar-refractivity contribution in [1.82, 2.24) is 0 Å². The van der Waals surface area contributed by atoms with Gasteiger partial charge in [-0.25, -0.2) is 0 Å². The number of alkyl halides is 1. The Morgan fingerprint density at radius 3 is 2.45 bits per heavy atom. The van der Waals surface area contributed by atoms with Gasteiger partial charge in [0.25, 0.3) is 0 Å². The van der Waals surface area contributed by atoms with Gasteiger partial charge in [0.2, 0.25) is 0 Å². The molecule has 0 bridgehead atoms. The third-order valence-electron chi connectivity index (χ3n) is 5.77. The number of allylic oxidation sites excluding steroid dienone is 1. The molecule has 0 spiro atoms. The van der Waals surface area contributed by atoms with Gasteiger partial charge < -0.3 is 15.4 Å². The van der Waals surface area contributed by atoms with Gasteiger partial charge in [0, 0.05) is 23.6 Å². The molecule has 31 heavy (non-hydrogen) atoms. The third-order valence-corrected chi connectivity index (χ3v) is 6.08. The first-order valence-electron chi connectivity index (χ1n) is 10.6. The average Bonchev–Trinajstić information content (AvgIpc) is 2.83. The highest BCUT2D eigenvalue weighted by Gasteiger charge is 2.39. The zero-order valence-corrected chi connectivity index (χ0v) is 19.7. The Bertz CT molecular complexity index is 1040. The average molecular weight is 439 g/mol. The molecule has 0 fully saturated rings. The summed E-state index contributed by atoms with van der Waals surface area (Å²) in [4.78, 5) is 22.1. The van der Waals surface area contributed by atoms with Crippen molar-refractivity contribution in [2.75, 3.05) is 10.6 Å². The van der Waals surface area contributed by atoms with E-state index < -0.39 is 0 Å². The minimum atomic E-state index is -0.158. The molecule has 1 unspecified atom stereocenters. The standard InChI is InChI=1S/C24H27ClN2O.C2H4O/c1-14-5-7-17(15(2)9-14)23-22-20(11-24(3,4)12-21(22)28)26-19-10-16(13-25)6-8-18(19)27-23;1-2-3/h5-10,23,26-27H,11-13H2,1-4H3;2H,1H3. The lowest BCUT2D eigenvalue weighted by atomic mass is 9.73. The summed E-state index contributed by atoms with van der Waals surface area (Å²) >= 11 is 6.06. The number of rotatable bonds is 2. The molecule has 0 saturated heterocycles. The largest absolute Gasteiger partial charge is 0.372 e. The molecule has 1 aliphatic heterocycles. The summed E-state index contributed by atoms with van der Waals surface area (Å²) in [6.07, 6.45) is 2.17. The normalized spacial score (nSPS) is 19.0. The fourth-order valence-corrected chi connectivity index (χ4v) is 4.62. The number of nitrogens with one attached hydrogen (secondary N) is 2. The number of anilines is 2. The summed E-state index contributed by atoms with van der Waals surface area (Å²) in [6.45, 7) is 9.99. The Hall–Kier alpha value is -2.59. The molecular weight excluding hydrogens is 408 g/mol. The number of Topliss-reactive ketones (excluding diaryl/α,β-unsaturated/α-hetero) is 1. The predicted octanol–water partition coefficient (Wildman–Crippen LogP) is 6.47. The summed E-state index contributed by atoms with van der Waals surface area (Å²) in [5.74, 6) is 0.688. The van der Waals surface area contributed by atoms with Crippen LogP contribution in [0.25, 0.3) is 0 Å². The Balaban J connectivity index is 0.000000858. The Morgan fingerprint density at radius 2 is 1.81 bits per heavy atom. The molecule has 0 aromatic heterocycles. The highest BCUT2D eigenvalue weighted by molar-refractivity contribution is 6.17. The van der Waals surface area contributed by atoms with Crippen LogP contribution in [0.3, 0.4) is 0 Å². The number of ketones is 1. The number of carbonyl (C=O) groups excluding carboxylic acids is 2. The van der Waals surface area contributed by atoms with Crippen LogP contribution < -0.4 is 10.6 Å². The first-order chi connectivity index (χ1) is 14.7. The van der Waals surface area contributed by atoms with E-state index in [4.69, 9.17) is 16.4 Å². The molecule has 1 aliphatic carbocycles. The molecule has 2 aromatic carbocycles. The summed E-state index contributed by atoms with van der Waals surface area (Å²) in [5.41, 5.74) is 8.48. The summed E-state index contributed by atoms with van der Waals surface area (Å²) in [6, 6.07) is 12.5. The van der Waals surface area contributed by atoms with Crippen molar-refractivity contribution in [2.24, 2.45) is 5.41 Å². The Kier molecular flexibility index (Phi) is 6.90. The summed E-state index contributed by atoms with van der Waals surface area (Å²) < 4.78 is 0. The van der Waals surface area contributed by atoms with Gasteiger partial charge >= 0.3 is 0 Å². The van der Waals surface area contributed by atoms with Gasteiger partial charge in [0.15, 0.2) is 5.78 Å². The van der Waals surface area contributed by atoms with Crippen molar-refractivity contribution >= 4 is 35.0 Å². The molecule has 5 heteroatoms. The van der Waals surface area contributed by atoms with Gasteiger partial charge in [-0.2, -0.15) is 0 Å². The summed E-state index contributed by atoms with van der Waals surface area (Å²) in [7, 11) is 0. The Morgan fingerprint density at radius 1 is 1.10 bits per heavy atom. The highest BCUT2D eigenvalue weighted by Crippen LogP contribution is 2.46. The molecule has 1 atom stereocenters. The number of aldehydes is 1. The van der Waals surface area contributed by atoms with E-state index in [1.54, 1.807) is 0 Å². The van der Waals surface area contributed by atoms with E-state index in [9.17, 15) is 4.79 Å². The number of carbonyl (C=O) groups is 2. The van der Waals surface area contributed by atoms with Crippen molar-refractivity contribution < 1.29 is 9.59 Å². The quantitative estimate of drug-likeness (QED) is 0.416. The number of hydrogen-bond acceptors (Lipinski definition) is 4. The van der Waals surface area contributed by atoms with Crippen LogP contribution in [0.15, 0.2) is 47.7 Å². The van der Waals surface area contributed by atoms with Crippen molar-refractivity contribution in [1.29, 1.82) is 0 Å². The van der Waals surface area contributed by atoms with E-state index in [0.29, 0.717) is 12.3 Å². The molecule has 2 N–H and O–H groups in total. The molecule has 4 rings (SSSR count). The van der Waals surface area contributed by atoms with Gasteiger partial charge in [0.05, 0.1) is 17.4 Å². The van der Waals surface area contributed by atoms with Gasteiger partial charge in [-0.1, -0.05) is 43.7 Å². The van der Waals surface area contributed by atoms with Crippen LogP contribution in [-0.2, 0) is 15.5 Å². The van der Waals surface area contributed by atoms with Crippen LogP contribution in [0, 0.1) is 19.3 Å². The second-order valence-corrected chi connectivity index (χ2v) is 9.41. The van der Waals surface area contributed by atoms with E-state index in [1.165, 1.54) is 18.1 Å². The second-order valence-electron chi connectivity index (χ2n) is 9.14. The number of halogens is 1. The number of benzene rings is 2. The van der Waals surface area contributed by atoms with E-state index >= 15 is 0 Å². The number of hydrogen-bond donors (Lipinski definition) is 2. The van der Waals surface area contributed by atoms with Crippen LogP contribution in [-0.4, -0.2) is 12.1 Å². The first kappa shape index (κ1) is 23.1. The van der Waals surface area contributed by atoms with Crippen molar-refractivity contribution in [3.05, 3.63) is 69.9 Å². The maximum atomic E-state index is 13.3. The maximum Gasteiger partial charge on any atom is 0.163 e. The third kappa shape index (κ3) is 5.01. The number of fused-ring (bicyclic) bond motifs is 1. The zero-order valence-electron chi connectivity index (χ0n) is 18.9. The zero-order chi connectivity index (χ0) is 22.8. The first-order valence-corrected chi connectivity index (χ1v) is 11.2. The second kappa shape index (κ2) is 9.27. The lowest BCUT2D eigenvalue weighted by molar-refractivity contribution is -0.118. The molecule has 0 radical (unpaired) electrons. The molecule has 1 heterocycles. The molecular formula is C26H31ClN2O2. The lowest BCUT2D eigenvalue weighted by Gasteiger charge is -2.34. The molecule has 2 aliphatic rings. The van der Waals surface area contributed by atoms with Crippen LogP contribution >= 0.6 is 11.6 Å². The van der Waals surface area contributed by atoms with Crippen LogP contribution in [0.1, 0.15) is 61.9 Å². The Labute approximate surface area is 190 Å². The van der Waals surface area contributed by atoms with Gasteiger partial charge in [-0.05, 0) is 61.4 Å². The fraction of sp³-hybridized carbons (Fsp3) is 0.385. The fourth-order valence-electron chi connectivity index (χ4n) is 4.46. The van der Waals surface area contributed by atoms with Crippen LogP contribution in [0.2, 0.25) is 0 Å². The minimum Gasteiger partial charge on any atom is -0.372 e. The summed E-state index contributed by atoms with van der Waals surface area (Å²) in [5, 5.41) is 7.25. The predicted molar refractivity (Wildman–Crippen MR) is 129 cm³/mol. The van der Waals surface area contributed by atoms with E-state index in [0.717, 1.165) is 46.5 Å². The maximum absolute atomic E-state index is 13.3. The van der Waals surface area contributed by atoms with Crippen molar-refractivity contribution in [3.8, 4) is 0 Å². The van der Waals surface area contributed by atoms with Crippen molar-refractivity contribution in [2.45, 2.75) is 59.4 Å². The van der Waals surface area contributed by atoms with Crippen molar-refractivity contribution in [3.63, 3.8) is 0 Å². The van der Waals surface area contributed by atoms with E-state index in [1.807, 2.05) is 6.07 Å². The van der Waals surface area contributed by atoms with Gasteiger partial charge in [-0.3, -0.25) is 4.79 Å². The SMILES string of the molecule is CC=O.Cc1ccc(C2Nc3ccc(CCl)cc3NC3=C2C(=O)CC(C)(C)C3)c(C)c1. The van der Waals surface area contributed by atoms with Gasteiger partial charge in [0.1, 0.15) is 6.29 Å².